The third-order valence-electron chi connectivity index (χ3n) is 9.95. The predicted molar refractivity (Wildman–Crippen MR) is 208 cm³/mol. The molecule has 0 spiro atoms. The molecule has 0 saturated carbocycles. The van der Waals surface area contributed by atoms with Crippen molar-refractivity contribution in [2.75, 3.05) is 26.2 Å². The topological polar surface area (TPSA) is 87.7 Å². The minimum absolute atomic E-state index is 0.0220. The van der Waals surface area contributed by atoms with Crippen LogP contribution in [0.1, 0.15) is 152 Å². The van der Waals surface area contributed by atoms with Crippen molar-refractivity contribution >= 4 is 29.1 Å². The van der Waals surface area contributed by atoms with Gasteiger partial charge in [-0.1, -0.05) is 103 Å². The Morgan fingerprint density at radius 2 is 1.38 bits per heavy atom. The lowest BCUT2D eigenvalue weighted by atomic mass is 9.86. The summed E-state index contributed by atoms with van der Waals surface area (Å²) >= 11 is 1.84. The molecule has 0 fully saturated rings. The summed E-state index contributed by atoms with van der Waals surface area (Å²) in [4.78, 5) is 40.8. The van der Waals surface area contributed by atoms with Gasteiger partial charge in [-0.25, -0.2) is 0 Å². The van der Waals surface area contributed by atoms with E-state index in [1.54, 1.807) is 0 Å². The monoisotopic (exact) mass is 709 g/mol. The van der Waals surface area contributed by atoms with Crippen LogP contribution in [0.5, 0.6) is 5.75 Å². The number of amides is 2. The second-order valence-corrected chi connectivity index (χ2v) is 15.2. The third kappa shape index (κ3) is 17.5. The van der Waals surface area contributed by atoms with Crippen molar-refractivity contribution in [1.29, 1.82) is 0 Å². The fourth-order valence-electron chi connectivity index (χ4n) is 7.03. The zero-order chi connectivity index (χ0) is 35.7. The predicted octanol–water partition coefficient (Wildman–Crippen LogP) is 9.35. The van der Waals surface area contributed by atoms with Gasteiger partial charge in [0.25, 0.3) is 0 Å². The summed E-state index contributed by atoms with van der Waals surface area (Å²) in [7, 11) is 0. The number of nitrogens with zero attached hydrogens (tertiary/aromatic N) is 1. The van der Waals surface area contributed by atoms with Crippen molar-refractivity contribution in [3.05, 3.63) is 51.7 Å². The Morgan fingerprint density at radius 3 is 1.98 bits per heavy atom. The van der Waals surface area contributed by atoms with Gasteiger partial charge < -0.3 is 15.4 Å². The van der Waals surface area contributed by atoms with Gasteiger partial charge in [0.2, 0.25) is 11.8 Å². The van der Waals surface area contributed by atoms with Crippen LogP contribution in [0.25, 0.3) is 0 Å². The first-order valence-electron chi connectivity index (χ1n) is 20.1. The van der Waals surface area contributed by atoms with Crippen molar-refractivity contribution in [1.82, 2.24) is 15.5 Å². The van der Waals surface area contributed by atoms with Gasteiger partial charge in [0.05, 0.1) is 6.42 Å². The molecular weight excluding hydrogens is 643 g/mol. The quantitative estimate of drug-likeness (QED) is 0.0523. The van der Waals surface area contributed by atoms with E-state index in [2.05, 4.69) is 53.0 Å². The first kappa shape index (κ1) is 41.7. The number of carbonyl (C=O) groups excluding carboxylic acids is 3. The van der Waals surface area contributed by atoms with E-state index in [1.807, 2.05) is 23.5 Å². The van der Waals surface area contributed by atoms with Crippen molar-refractivity contribution in [2.45, 2.75) is 161 Å². The summed E-state index contributed by atoms with van der Waals surface area (Å²) in [5.74, 6) is 0.635. The maximum atomic E-state index is 12.7. The molecule has 0 radical (unpaired) electrons. The second-order valence-electron chi connectivity index (χ2n) is 14.2. The van der Waals surface area contributed by atoms with Crippen LogP contribution in [0, 0.1) is 0 Å². The minimum atomic E-state index is -0.286. The molecule has 3 rings (SSSR count). The summed E-state index contributed by atoms with van der Waals surface area (Å²) in [6.07, 6.45) is 23.0. The molecule has 1 atom stereocenters. The molecule has 1 aromatic carbocycles. The summed E-state index contributed by atoms with van der Waals surface area (Å²) in [6, 6.07) is 11.0. The number of esters is 1. The van der Waals surface area contributed by atoms with Gasteiger partial charge >= 0.3 is 5.97 Å². The van der Waals surface area contributed by atoms with E-state index < -0.39 is 0 Å². The third-order valence-corrected chi connectivity index (χ3v) is 10.9. The lowest BCUT2D eigenvalue weighted by Crippen LogP contribution is -2.41. The Balaban J connectivity index is 1.17. The summed E-state index contributed by atoms with van der Waals surface area (Å²) in [6.45, 7) is 7.72. The van der Waals surface area contributed by atoms with E-state index in [4.69, 9.17) is 4.74 Å². The van der Waals surface area contributed by atoms with E-state index >= 15 is 0 Å². The number of rotatable bonds is 28. The smallest absolute Gasteiger partial charge is 0.312 e. The van der Waals surface area contributed by atoms with E-state index in [0.29, 0.717) is 31.2 Å². The molecule has 0 aliphatic heterocycles. The van der Waals surface area contributed by atoms with Crippen LogP contribution < -0.4 is 15.4 Å². The SMILES string of the molecule is CCCCNC(=O)CCCCCCCCCCCCCCC(=O)NCCC(=O)Oc1cccc2c1CCC(N(CCC)CCc1cccs1)C2. The van der Waals surface area contributed by atoms with E-state index in [-0.39, 0.29) is 24.2 Å². The Morgan fingerprint density at radius 1 is 0.740 bits per heavy atom. The Hall–Kier alpha value is -2.71. The summed E-state index contributed by atoms with van der Waals surface area (Å²) in [5.41, 5.74) is 2.46. The number of hydrogen-bond donors (Lipinski definition) is 2. The highest BCUT2D eigenvalue weighted by Gasteiger charge is 2.26. The molecule has 1 aliphatic rings. The van der Waals surface area contributed by atoms with Crippen LogP contribution >= 0.6 is 11.3 Å². The Labute approximate surface area is 307 Å². The summed E-state index contributed by atoms with van der Waals surface area (Å²) in [5, 5.41) is 8.06. The Kier molecular flexibility index (Phi) is 21.8. The standard InChI is InChI=1S/C42H67N3O4S/c1-3-5-29-43-40(46)23-16-14-12-10-8-6-7-9-11-13-15-17-24-41(47)44-30-27-42(48)49-39-22-18-20-35-34-36(25-26-38(35)39)45(31-4-2)32-28-37-21-19-33-50-37/h18-22,33,36H,3-17,23-32,34H2,1-2H3,(H,43,46)(H,44,47). The average molecular weight is 710 g/mol. The lowest BCUT2D eigenvalue weighted by Gasteiger charge is -2.35. The molecule has 7 nitrogen and oxygen atoms in total. The number of benzene rings is 1. The number of carbonyl (C=O) groups is 3. The van der Waals surface area contributed by atoms with E-state index in [1.165, 1.54) is 67.4 Å². The van der Waals surface area contributed by atoms with Crippen LogP contribution in [0.3, 0.4) is 0 Å². The van der Waals surface area contributed by atoms with Gasteiger partial charge in [0.1, 0.15) is 5.75 Å². The first-order chi connectivity index (χ1) is 24.5. The van der Waals surface area contributed by atoms with Gasteiger partial charge in [0, 0.05) is 43.4 Å². The average Bonchev–Trinajstić information content (AvgIpc) is 3.64. The number of hydrogen-bond acceptors (Lipinski definition) is 6. The van der Waals surface area contributed by atoms with E-state index in [0.717, 1.165) is 90.3 Å². The van der Waals surface area contributed by atoms with Crippen LogP contribution in [-0.2, 0) is 33.6 Å². The maximum absolute atomic E-state index is 12.7. The molecule has 50 heavy (non-hydrogen) atoms. The fraction of sp³-hybridized carbons (Fsp3) is 0.690. The van der Waals surface area contributed by atoms with Crippen molar-refractivity contribution in [3.8, 4) is 5.75 Å². The zero-order valence-corrected chi connectivity index (χ0v) is 32.2. The van der Waals surface area contributed by atoms with Crippen LogP contribution in [0.4, 0.5) is 0 Å². The molecule has 2 N–H and O–H groups in total. The van der Waals surface area contributed by atoms with Crippen molar-refractivity contribution in [3.63, 3.8) is 0 Å². The molecule has 2 aromatic rings. The second kappa shape index (κ2) is 26.1. The first-order valence-corrected chi connectivity index (χ1v) is 21.0. The van der Waals surface area contributed by atoms with Crippen molar-refractivity contribution < 1.29 is 19.1 Å². The van der Waals surface area contributed by atoms with E-state index in [9.17, 15) is 14.4 Å². The molecule has 280 valence electrons. The fourth-order valence-corrected chi connectivity index (χ4v) is 7.73. The highest BCUT2D eigenvalue weighted by atomic mass is 32.1. The number of thiophene rings is 1. The van der Waals surface area contributed by atoms with Gasteiger partial charge in [0.15, 0.2) is 0 Å². The molecule has 1 unspecified atom stereocenters. The van der Waals surface area contributed by atoms with Crippen molar-refractivity contribution in [2.24, 2.45) is 0 Å². The summed E-state index contributed by atoms with van der Waals surface area (Å²) < 4.78 is 5.82. The minimum Gasteiger partial charge on any atom is -0.426 e. The molecule has 0 saturated heterocycles. The molecule has 2 amide bonds. The number of ether oxygens (including phenoxy) is 1. The number of unbranched alkanes of at least 4 members (excludes halogenated alkanes) is 12. The molecular formula is C42H67N3O4S. The maximum Gasteiger partial charge on any atom is 0.312 e. The normalized spacial score (nSPS) is 14.0. The highest BCUT2D eigenvalue weighted by molar-refractivity contribution is 7.09. The van der Waals surface area contributed by atoms with Gasteiger partial charge in [-0.3, -0.25) is 19.3 Å². The largest absolute Gasteiger partial charge is 0.426 e. The van der Waals surface area contributed by atoms with Crippen LogP contribution in [-0.4, -0.2) is 54.9 Å². The highest BCUT2D eigenvalue weighted by Crippen LogP contribution is 2.32. The van der Waals surface area contributed by atoms with Gasteiger partial charge in [-0.15, -0.1) is 11.3 Å². The number of fused-ring (bicyclic) bond motifs is 1. The Bertz CT molecular complexity index is 1220. The molecule has 1 aromatic heterocycles. The van der Waals surface area contributed by atoms with Crippen LogP contribution in [0.2, 0.25) is 0 Å². The molecule has 0 bridgehead atoms. The molecule has 1 aliphatic carbocycles. The lowest BCUT2D eigenvalue weighted by molar-refractivity contribution is -0.134. The number of nitrogens with one attached hydrogen (secondary N) is 2. The van der Waals surface area contributed by atoms with Gasteiger partial charge in [-0.2, -0.15) is 0 Å². The molecule has 1 heterocycles. The van der Waals surface area contributed by atoms with Gasteiger partial charge in [-0.05, 0) is 86.6 Å². The molecule has 8 heteroatoms. The van der Waals surface area contributed by atoms with Crippen LogP contribution in [0.15, 0.2) is 35.7 Å². The zero-order valence-electron chi connectivity index (χ0n) is 31.4.